The highest BCUT2D eigenvalue weighted by Crippen LogP contribution is 2.05. The van der Waals surface area contributed by atoms with Crippen LogP contribution in [0, 0.1) is 17.9 Å². The van der Waals surface area contributed by atoms with E-state index in [0.717, 1.165) is 12.8 Å². The van der Waals surface area contributed by atoms with Crippen LogP contribution in [0.15, 0.2) is 0 Å². The lowest BCUT2D eigenvalue weighted by Crippen LogP contribution is -1.81. The summed E-state index contributed by atoms with van der Waals surface area (Å²) in [4.78, 5) is 0. The van der Waals surface area contributed by atoms with Crippen molar-refractivity contribution < 1.29 is 4.74 Å². The number of unbranched alkanes of at least 4 members (excludes halogenated alkanes) is 5. The maximum Gasteiger partial charge on any atom is 0.226 e. The predicted molar refractivity (Wildman–Crippen MR) is 44.6 cm³/mol. The molecule has 0 atom stereocenters. The largest absolute Gasteiger partial charge is 0.226 e. The van der Waals surface area contributed by atoms with Gasteiger partial charge in [-0.1, -0.05) is 6.42 Å². The van der Waals surface area contributed by atoms with Crippen molar-refractivity contribution in [2.45, 2.75) is 38.5 Å². The van der Waals surface area contributed by atoms with E-state index in [1.165, 1.54) is 19.3 Å². The summed E-state index contributed by atoms with van der Waals surface area (Å²) in [5.74, 6) is 0. The fraction of sp³-hybridized carbons (Fsp3) is 0.778. The molecule has 0 amide bonds. The molecule has 0 N–H and O–H groups in total. The van der Waals surface area contributed by atoms with E-state index >= 15 is 0 Å². The molecule has 2 nitrogen and oxygen atoms in total. The summed E-state index contributed by atoms with van der Waals surface area (Å²) in [5.41, 5.74) is 0. The molecule has 0 aliphatic carbocycles. The van der Waals surface area contributed by atoms with E-state index < -0.39 is 0 Å². The highest BCUT2D eigenvalue weighted by Gasteiger charge is 1.95. The van der Waals surface area contributed by atoms with E-state index in [-0.39, 0.29) is 0 Å². The normalized spacial score (nSPS) is 9.09. The van der Waals surface area contributed by atoms with Crippen molar-refractivity contribution in [3.63, 3.8) is 0 Å². The number of nitrogens with zero attached hydrogens (tertiary/aromatic N) is 1. The SMILES string of the molecule is CO[CH+]CCCCCCC#N. The lowest BCUT2D eigenvalue weighted by Gasteiger charge is -1.92. The Labute approximate surface area is 69.2 Å². The van der Waals surface area contributed by atoms with Crippen LogP contribution in [0.3, 0.4) is 0 Å². The molecule has 0 unspecified atom stereocenters. The number of rotatable bonds is 7. The standard InChI is InChI=1S/C9H16NO/c1-11-9-7-5-3-2-4-6-8-10/h9H,2-7H2,1H3/q+1. The van der Waals surface area contributed by atoms with Gasteiger partial charge in [0.1, 0.15) is 6.42 Å². The summed E-state index contributed by atoms with van der Waals surface area (Å²) in [5, 5.41) is 8.23. The molecule has 2 heteroatoms. The Morgan fingerprint density at radius 3 is 2.64 bits per heavy atom. The quantitative estimate of drug-likeness (QED) is 0.417. The molecule has 0 saturated heterocycles. The van der Waals surface area contributed by atoms with E-state index in [1.54, 1.807) is 7.11 Å². The minimum Gasteiger partial charge on any atom is -0.200 e. The average molecular weight is 154 g/mol. The van der Waals surface area contributed by atoms with Crippen LogP contribution in [0.2, 0.25) is 0 Å². The summed E-state index contributed by atoms with van der Waals surface area (Å²) in [6.45, 7) is 1.82. The van der Waals surface area contributed by atoms with Crippen LogP contribution in [0.5, 0.6) is 0 Å². The number of hydrogen-bond acceptors (Lipinski definition) is 2. The molecular weight excluding hydrogens is 138 g/mol. The van der Waals surface area contributed by atoms with Crippen molar-refractivity contribution in [2.24, 2.45) is 0 Å². The van der Waals surface area contributed by atoms with E-state index in [1.807, 2.05) is 6.61 Å². The summed E-state index contributed by atoms with van der Waals surface area (Å²) in [6, 6.07) is 2.14. The van der Waals surface area contributed by atoms with Gasteiger partial charge in [0, 0.05) is 6.42 Å². The third kappa shape index (κ3) is 9.32. The Morgan fingerprint density at radius 2 is 2.00 bits per heavy atom. The van der Waals surface area contributed by atoms with Crippen molar-refractivity contribution in [1.82, 2.24) is 0 Å². The number of ether oxygens (including phenoxy) is 1. The summed E-state index contributed by atoms with van der Waals surface area (Å²) >= 11 is 0. The molecule has 0 aromatic rings. The summed E-state index contributed by atoms with van der Waals surface area (Å²) < 4.78 is 4.79. The molecule has 0 aromatic heterocycles. The van der Waals surface area contributed by atoms with Crippen LogP contribution in [-0.2, 0) is 4.74 Å². The van der Waals surface area contributed by atoms with Crippen LogP contribution >= 0.6 is 0 Å². The van der Waals surface area contributed by atoms with Crippen LogP contribution < -0.4 is 0 Å². The molecule has 0 rings (SSSR count). The Kier molecular flexibility index (Phi) is 8.74. The molecule has 0 radical (unpaired) electrons. The van der Waals surface area contributed by atoms with Crippen LogP contribution in [-0.4, -0.2) is 7.11 Å². The van der Waals surface area contributed by atoms with Crippen molar-refractivity contribution in [3.05, 3.63) is 6.61 Å². The van der Waals surface area contributed by atoms with Crippen LogP contribution in [0.1, 0.15) is 38.5 Å². The zero-order valence-electron chi connectivity index (χ0n) is 7.18. The van der Waals surface area contributed by atoms with Gasteiger partial charge in [-0.2, -0.15) is 10.00 Å². The van der Waals surface area contributed by atoms with Gasteiger partial charge < -0.3 is 0 Å². The van der Waals surface area contributed by atoms with Crippen LogP contribution in [0.25, 0.3) is 0 Å². The monoisotopic (exact) mass is 154 g/mol. The number of hydrogen-bond donors (Lipinski definition) is 0. The fourth-order valence-corrected chi connectivity index (χ4v) is 0.903. The molecule has 0 spiro atoms. The van der Waals surface area contributed by atoms with Gasteiger partial charge in [-0.05, 0) is 19.3 Å². The zero-order valence-corrected chi connectivity index (χ0v) is 7.18. The zero-order chi connectivity index (χ0) is 8.36. The second-order valence-electron chi connectivity index (χ2n) is 2.51. The van der Waals surface area contributed by atoms with E-state index in [9.17, 15) is 0 Å². The van der Waals surface area contributed by atoms with Gasteiger partial charge in [0.15, 0.2) is 0 Å². The molecular formula is C9H16NO+. The highest BCUT2D eigenvalue weighted by molar-refractivity contribution is 4.67. The lowest BCUT2D eigenvalue weighted by atomic mass is 10.1. The minimum absolute atomic E-state index is 0.702. The highest BCUT2D eigenvalue weighted by atomic mass is 16.5. The maximum atomic E-state index is 8.23. The Morgan fingerprint density at radius 1 is 1.27 bits per heavy atom. The Hall–Kier alpha value is -0.680. The molecule has 0 aliphatic rings. The van der Waals surface area contributed by atoms with Crippen molar-refractivity contribution in [2.75, 3.05) is 7.11 Å². The molecule has 0 bridgehead atoms. The number of nitriles is 1. The van der Waals surface area contributed by atoms with Gasteiger partial charge in [-0.15, -0.1) is 0 Å². The molecule has 0 aliphatic heterocycles. The van der Waals surface area contributed by atoms with E-state index in [0.29, 0.717) is 6.42 Å². The topological polar surface area (TPSA) is 33.0 Å². The Balaban J connectivity index is 2.75. The first kappa shape index (κ1) is 10.3. The molecule has 0 heterocycles. The minimum atomic E-state index is 0.702. The van der Waals surface area contributed by atoms with Gasteiger partial charge >= 0.3 is 0 Å². The first-order chi connectivity index (χ1) is 5.41. The lowest BCUT2D eigenvalue weighted by molar-refractivity contribution is 0.262. The van der Waals surface area contributed by atoms with Gasteiger partial charge in [-0.25, -0.2) is 0 Å². The fourth-order valence-electron chi connectivity index (χ4n) is 0.903. The van der Waals surface area contributed by atoms with Gasteiger partial charge in [0.05, 0.1) is 13.2 Å². The van der Waals surface area contributed by atoms with Crippen molar-refractivity contribution in [3.8, 4) is 6.07 Å². The van der Waals surface area contributed by atoms with Gasteiger partial charge in [-0.3, -0.25) is 0 Å². The molecule has 0 aromatic carbocycles. The molecule has 62 valence electrons. The maximum absolute atomic E-state index is 8.23. The first-order valence-electron chi connectivity index (χ1n) is 4.13. The van der Waals surface area contributed by atoms with E-state index in [2.05, 4.69) is 6.07 Å². The summed E-state index contributed by atoms with van der Waals surface area (Å²) in [6.07, 6.45) is 6.34. The second kappa shape index (κ2) is 9.32. The molecule has 0 saturated carbocycles. The molecule has 0 fully saturated rings. The second-order valence-corrected chi connectivity index (χ2v) is 2.51. The Bertz CT molecular complexity index is 107. The third-order valence-corrected chi connectivity index (χ3v) is 1.53. The predicted octanol–water partition coefficient (Wildman–Crippen LogP) is 2.66. The van der Waals surface area contributed by atoms with Crippen molar-refractivity contribution >= 4 is 0 Å². The van der Waals surface area contributed by atoms with Gasteiger partial charge in [0.2, 0.25) is 6.61 Å². The van der Waals surface area contributed by atoms with E-state index in [4.69, 9.17) is 10.00 Å². The summed E-state index contributed by atoms with van der Waals surface area (Å²) in [7, 11) is 1.68. The van der Waals surface area contributed by atoms with Crippen molar-refractivity contribution in [1.29, 1.82) is 5.26 Å². The van der Waals surface area contributed by atoms with Crippen LogP contribution in [0.4, 0.5) is 0 Å². The first-order valence-corrected chi connectivity index (χ1v) is 4.13. The van der Waals surface area contributed by atoms with Gasteiger partial charge in [0.25, 0.3) is 0 Å². The third-order valence-electron chi connectivity index (χ3n) is 1.53. The number of methoxy groups -OCH3 is 1. The smallest absolute Gasteiger partial charge is 0.200 e. The average Bonchev–Trinajstić information content (AvgIpc) is 2.03. The molecule has 11 heavy (non-hydrogen) atoms.